The van der Waals surface area contributed by atoms with Crippen LogP contribution in [0.1, 0.15) is 13.3 Å². The normalized spacial score (nSPS) is 24.9. The number of allylic oxidation sites excluding steroid dienone is 4. The zero-order valence-electron chi connectivity index (χ0n) is 6.45. The number of alkyl halides is 3. The van der Waals surface area contributed by atoms with Gasteiger partial charge in [0.1, 0.15) is 5.83 Å². The molecule has 0 aromatic heterocycles. The van der Waals surface area contributed by atoms with Gasteiger partial charge in [-0.15, -0.1) is 0 Å². The van der Waals surface area contributed by atoms with Crippen LogP contribution in [-0.4, -0.2) is 6.18 Å². The van der Waals surface area contributed by atoms with Gasteiger partial charge in [-0.25, -0.2) is 4.39 Å². The molecule has 0 aromatic carbocycles. The SMILES string of the molecule is CC1CC(C(F)(F)F)=CC=C1F. The van der Waals surface area contributed by atoms with Gasteiger partial charge in [0.25, 0.3) is 0 Å². The molecule has 0 saturated carbocycles. The summed E-state index contributed by atoms with van der Waals surface area (Å²) in [6.45, 7) is 1.44. The lowest BCUT2D eigenvalue weighted by Gasteiger charge is -2.18. The first-order chi connectivity index (χ1) is 5.41. The summed E-state index contributed by atoms with van der Waals surface area (Å²) in [6, 6.07) is 0. The van der Waals surface area contributed by atoms with Gasteiger partial charge in [0.05, 0.1) is 0 Å². The highest BCUT2D eigenvalue weighted by Crippen LogP contribution is 2.35. The maximum Gasteiger partial charge on any atom is 0.412 e. The molecule has 0 nitrogen and oxygen atoms in total. The summed E-state index contributed by atoms with van der Waals surface area (Å²) in [5.41, 5.74) is -0.656. The van der Waals surface area contributed by atoms with E-state index in [2.05, 4.69) is 0 Å². The Morgan fingerprint density at radius 2 is 1.92 bits per heavy atom. The third kappa shape index (κ3) is 1.87. The average molecular weight is 180 g/mol. The highest BCUT2D eigenvalue weighted by Gasteiger charge is 2.35. The van der Waals surface area contributed by atoms with E-state index in [-0.39, 0.29) is 6.42 Å². The van der Waals surface area contributed by atoms with E-state index < -0.39 is 23.5 Å². The monoisotopic (exact) mass is 180 g/mol. The lowest BCUT2D eigenvalue weighted by molar-refractivity contribution is -0.0952. The predicted molar refractivity (Wildman–Crippen MR) is 37.1 cm³/mol. The molecule has 0 heterocycles. The second kappa shape index (κ2) is 2.92. The molecule has 0 bridgehead atoms. The summed E-state index contributed by atoms with van der Waals surface area (Å²) in [6.07, 6.45) is -2.89. The quantitative estimate of drug-likeness (QED) is 0.501. The molecular formula is C8H8F4. The van der Waals surface area contributed by atoms with Crippen LogP contribution < -0.4 is 0 Å². The number of rotatable bonds is 0. The first kappa shape index (κ1) is 9.29. The Bertz CT molecular complexity index is 234. The maximum absolute atomic E-state index is 12.6. The van der Waals surface area contributed by atoms with Gasteiger partial charge in [0.15, 0.2) is 0 Å². The molecule has 0 aromatic rings. The average Bonchev–Trinajstić information content (AvgIpc) is 1.92. The second-order valence-corrected chi connectivity index (χ2v) is 2.85. The van der Waals surface area contributed by atoms with E-state index in [1.165, 1.54) is 6.92 Å². The van der Waals surface area contributed by atoms with Crippen LogP contribution >= 0.6 is 0 Å². The van der Waals surface area contributed by atoms with Gasteiger partial charge in [-0.3, -0.25) is 0 Å². The highest BCUT2D eigenvalue weighted by molar-refractivity contribution is 5.25. The van der Waals surface area contributed by atoms with Crippen molar-refractivity contribution in [1.82, 2.24) is 0 Å². The number of hydrogen-bond donors (Lipinski definition) is 0. The third-order valence-corrected chi connectivity index (χ3v) is 1.80. The summed E-state index contributed by atoms with van der Waals surface area (Å²) >= 11 is 0. The molecule has 12 heavy (non-hydrogen) atoms. The van der Waals surface area contributed by atoms with Crippen LogP contribution in [0.25, 0.3) is 0 Å². The third-order valence-electron chi connectivity index (χ3n) is 1.80. The Labute approximate surface area is 67.6 Å². The molecule has 0 N–H and O–H groups in total. The first-order valence-corrected chi connectivity index (χ1v) is 3.54. The Morgan fingerprint density at radius 3 is 2.33 bits per heavy atom. The fourth-order valence-corrected chi connectivity index (χ4v) is 1.05. The smallest absolute Gasteiger partial charge is 0.212 e. The summed E-state index contributed by atoms with van der Waals surface area (Å²) in [7, 11) is 0. The molecule has 1 unspecified atom stereocenters. The van der Waals surface area contributed by atoms with E-state index in [9.17, 15) is 17.6 Å². The molecule has 0 aliphatic heterocycles. The van der Waals surface area contributed by atoms with Crippen LogP contribution in [0.5, 0.6) is 0 Å². The molecule has 0 amide bonds. The van der Waals surface area contributed by atoms with Gasteiger partial charge in [-0.05, 0) is 12.5 Å². The lowest BCUT2D eigenvalue weighted by Crippen LogP contribution is -2.16. The van der Waals surface area contributed by atoms with Crippen molar-refractivity contribution in [1.29, 1.82) is 0 Å². The molecule has 0 fully saturated rings. The molecule has 1 rings (SSSR count). The summed E-state index contributed by atoms with van der Waals surface area (Å²) < 4.78 is 48.7. The van der Waals surface area contributed by atoms with Crippen LogP contribution in [0.3, 0.4) is 0 Å². The van der Waals surface area contributed by atoms with Crippen LogP contribution in [-0.2, 0) is 0 Å². The topological polar surface area (TPSA) is 0 Å². The summed E-state index contributed by atoms with van der Waals surface area (Å²) in [4.78, 5) is 0. The predicted octanol–water partition coefficient (Wildman–Crippen LogP) is 3.37. The van der Waals surface area contributed by atoms with Crippen LogP contribution in [0, 0.1) is 5.92 Å². The molecule has 4 heteroatoms. The van der Waals surface area contributed by atoms with Crippen LogP contribution in [0.2, 0.25) is 0 Å². The lowest BCUT2D eigenvalue weighted by atomic mass is 9.94. The fraction of sp³-hybridized carbons (Fsp3) is 0.500. The van der Waals surface area contributed by atoms with Gasteiger partial charge in [0.2, 0.25) is 0 Å². The van der Waals surface area contributed by atoms with Crippen molar-refractivity contribution in [3.63, 3.8) is 0 Å². The molecular weight excluding hydrogens is 172 g/mol. The number of hydrogen-bond acceptors (Lipinski definition) is 0. The zero-order valence-corrected chi connectivity index (χ0v) is 6.45. The minimum absolute atomic E-state index is 0.258. The van der Waals surface area contributed by atoms with E-state index in [0.717, 1.165) is 12.2 Å². The van der Waals surface area contributed by atoms with Crippen molar-refractivity contribution < 1.29 is 17.6 Å². The maximum atomic E-state index is 12.6. The molecule has 1 aliphatic rings. The molecule has 68 valence electrons. The fourth-order valence-electron chi connectivity index (χ4n) is 1.05. The Balaban J connectivity index is 2.84. The van der Waals surface area contributed by atoms with Crippen LogP contribution in [0.15, 0.2) is 23.6 Å². The van der Waals surface area contributed by atoms with Crippen molar-refractivity contribution in [2.24, 2.45) is 5.92 Å². The number of halogens is 4. The minimum atomic E-state index is -4.31. The van der Waals surface area contributed by atoms with E-state index in [4.69, 9.17) is 0 Å². The van der Waals surface area contributed by atoms with Crippen molar-refractivity contribution in [2.45, 2.75) is 19.5 Å². The molecule has 0 radical (unpaired) electrons. The second-order valence-electron chi connectivity index (χ2n) is 2.85. The zero-order chi connectivity index (χ0) is 9.35. The van der Waals surface area contributed by atoms with Gasteiger partial charge in [-0.1, -0.05) is 13.0 Å². The van der Waals surface area contributed by atoms with Crippen molar-refractivity contribution in [2.75, 3.05) is 0 Å². The highest BCUT2D eigenvalue weighted by atomic mass is 19.4. The Morgan fingerprint density at radius 1 is 1.33 bits per heavy atom. The molecule has 0 saturated heterocycles. The Kier molecular flexibility index (Phi) is 2.26. The van der Waals surface area contributed by atoms with Gasteiger partial charge in [-0.2, -0.15) is 13.2 Å². The van der Waals surface area contributed by atoms with E-state index in [0.29, 0.717) is 0 Å². The van der Waals surface area contributed by atoms with Gasteiger partial charge in [0, 0.05) is 11.5 Å². The van der Waals surface area contributed by atoms with Crippen molar-refractivity contribution >= 4 is 0 Å². The van der Waals surface area contributed by atoms with Crippen molar-refractivity contribution in [3.05, 3.63) is 23.6 Å². The first-order valence-electron chi connectivity index (χ1n) is 3.54. The van der Waals surface area contributed by atoms with Crippen molar-refractivity contribution in [3.8, 4) is 0 Å². The molecule has 1 atom stereocenters. The molecule has 1 aliphatic carbocycles. The van der Waals surface area contributed by atoms with E-state index in [1.807, 2.05) is 0 Å². The molecule has 0 spiro atoms. The van der Waals surface area contributed by atoms with Gasteiger partial charge >= 0.3 is 6.18 Å². The largest absolute Gasteiger partial charge is 0.412 e. The van der Waals surface area contributed by atoms with Gasteiger partial charge < -0.3 is 0 Å². The minimum Gasteiger partial charge on any atom is -0.212 e. The Hall–Kier alpha value is -0.800. The summed E-state index contributed by atoms with van der Waals surface area (Å²) in [5.74, 6) is -1.13. The van der Waals surface area contributed by atoms with E-state index >= 15 is 0 Å². The standard InChI is InChI=1S/C8H8F4/c1-5-4-6(8(10,11)12)2-3-7(5)9/h2-3,5H,4H2,1H3. The van der Waals surface area contributed by atoms with E-state index in [1.54, 1.807) is 0 Å². The summed E-state index contributed by atoms with van der Waals surface area (Å²) in [5, 5.41) is 0. The van der Waals surface area contributed by atoms with Crippen LogP contribution in [0.4, 0.5) is 17.6 Å².